The van der Waals surface area contributed by atoms with Crippen LogP contribution in [0, 0.1) is 5.92 Å². The number of aromatic nitrogens is 4. The van der Waals surface area contributed by atoms with Gasteiger partial charge in [0.05, 0.1) is 11.2 Å². The van der Waals surface area contributed by atoms with Gasteiger partial charge in [0.15, 0.2) is 0 Å². The van der Waals surface area contributed by atoms with Crippen molar-refractivity contribution >= 4 is 10.9 Å². The van der Waals surface area contributed by atoms with Crippen molar-refractivity contribution in [2.75, 3.05) is 19.6 Å². The van der Waals surface area contributed by atoms with Gasteiger partial charge in [-0.3, -0.25) is 0 Å². The number of likely N-dealkylation sites (tertiary alicyclic amines) is 1. The molecule has 0 unspecified atom stereocenters. The molecule has 1 aliphatic carbocycles. The van der Waals surface area contributed by atoms with Gasteiger partial charge in [-0.1, -0.05) is 32.0 Å². The largest absolute Gasteiger partial charge is 0.337 e. The first-order chi connectivity index (χ1) is 13.2. The van der Waals surface area contributed by atoms with E-state index < -0.39 is 0 Å². The number of rotatable bonds is 5. The van der Waals surface area contributed by atoms with Crippen LogP contribution in [0.3, 0.4) is 0 Å². The van der Waals surface area contributed by atoms with E-state index in [9.17, 15) is 0 Å². The summed E-state index contributed by atoms with van der Waals surface area (Å²) in [5.41, 5.74) is 2.25. The van der Waals surface area contributed by atoms with Crippen LogP contribution in [0.15, 0.2) is 28.8 Å². The number of hydrogen-bond acceptors (Lipinski definition) is 5. The Morgan fingerprint density at radius 3 is 2.59 bits per heavy atom. The van der Waals surface area contributed by atoms with E-state index in [0.29, 0.717) is 23.7 Å². The van der Waals surface area contributed by atoms with E-state index in [-0.39, 0.29) is 0 Å². The zero-order chi connectivity index (χ0) is 18.4. The third kappa shape index (κ3) is 3.27. The van der Waals surface area contributed by atoms with Crippen LogP contribution in [0.5, 0.6) is 0 Å². The first-order valence-electron chi connectivity index (χ1n) is 10.2. The molecule has 6 nitrogen and oxygen atoms in total. The van der Waals surface area contributed by atoms with Crippen LogP contribution >= 0.6 is 0 Å². The molecule has 0 N–H and O–H groups in total. The van der Waals surface area contributed by atoms with E-state index in [1.165, 1.54) is 30.5 Å². The minimum Gasteiger partial charge on any atom is -0.337 e. The molecule has 27 heavy (non-hydrogen) atoms. The summed E-state index contributed by atoms with van der Waals surface area (Å²) in [6.45, 7) is 7.94. The SMILES string of the molecule is CC(C)CN1CCC(c2nc(-n3nc(C4CC4)c4ccccc43)no2)CC1. The lowest BCUT2D eigenvalue weighted by molar-refractivity contribution is 0.178. The average Bonchev–Trinajstić information content (AvgIpc) is 3.26. The first-order valence-corrected chi connectivity index (χ1v) is 10.2. The molecule has 5 rings (SSSR count). The van der Waals surface area contributed by atoms with E-state index in [4.69, 9.17) is 14.6 Å². The second-order valence-electron chi connectivity index (χ2n) is 8.49. The molecule has 142 valence electrons. The molecule has 3 heterocycles. The standard InChI is InChI=1S/C21H27N5O/c1-14(2)13-25-11-9-16(10-12-25)20-22-21(24-27-20)26-18-6-4-3-5-17(18)19(23-26)15-7-8-15/h3-6,14-16H,7-13H2,1-2H3. The molecule has 1 aliphatic heterocycles. The fraction of sp³-hybridized carbons (Fsp3) is 0.571. The highest BCUT2D eigenvalue weighted by Crippen LogP contribution is 2.42. The molecule has 2 fully saturated rings. The summed E-state index contributed by atoms with van der Waals surface area (Å²) in [7, 11) is 0. The van der Waals surface area contributed by atoms with Crippen molar-refractivity contribution in [2.24, 2.45) is 5.92 Å². The molecule has 2 aromatic heterocycles. The lowest BCUT2D eigenvalue weighted by Gasteiger charge is -2.31. The molecule has 1 saturated heterocycles. The number of piperidine rings is 1. The monoisotopic (exact) mass is 365 g/mol. The third-order valence-electron chi connectivity index (χ3n) is 5.76. The molecular weight excluding hydrogens is 338 g/mol. The van der Waals surface area contributed by atoms with Crippen molar-refractivity contribution in [3.63, 3.8) is 0 Å². The summed E-state index contributed by atoms with van der Waals surface area (Å²) in [6, 6.07) is 8.36. The summed E-state index contributed by atoms with van der Waals surface area (Å²) >= 11 is 0. The van der Waals surface area contributed by atoms with Crippen LogP contribution < -0.4 is 0 Å². The van der Waals surface area contributed by atoms with Crippen molar-refractivity contribution in [3.05, 3.63) is 35.9 Å². The van der Waals surface area contributed by atoms with Crippen LogP contribution in [0.25, 0.3) is 16.9 Å². The Labute approximate surface area is 159 Å². The maximum absolute atomic E-state index is 5.67. The van der Waals surface area contributed by atoms with Crippen molar-refractivity contribution in [2.45, 2.75) is 51.4 Å². The van der Waals surface area contributed by atoms with Crippen molar-refractivity contribution in [1.82, 2.24) is 24.8 Å². The van der Waals surface area contributed by atoms with E-state index >= 15 is 0 Å². The van der Waals surface area contributed by atoms with Crippen molar-refractivity contribution in [1.29, 1.82) is 0 Å². The zero-order valence-corrected chi connectivity index (χ0v) is 16.1. The lowest BCUT2D eigenvalue weighted by Crippen LogP contribution is -2.35. The Morgan fingerprint density at radius 2 is 1.85 bits per heavy atom. The number of hydrogen-bond donors (Lipinski definition) is 0. The smallest absolute Gasteiger partial charge is 0.291 e. The summed E-state index contributed by atoms with van der Waals surface area (Å²) in [5.74, 6) is 3.00. The maximum Gasteiger partial charge on any atom is 0.291 e. The fourth-order valence-electron chi connectivity index (χ4n) is 4.26. The molecule has 0 atom stereocenters. The molecule has 1 saturated carbocycles. The van der Waals surface area contributed by atoms with Gasteiger partial charge in [-0.25, -0.2) is 0 Å². The lowest BCUT2D eigenvalue weighted by atomic mass is 9.96. The van der Waals surface area contributed by atoms with Gasteiger partial charge in [0.25, 0.3) is 5.95 Å². The second kappa shape index (κ2) is 6.75. The summed E-state index contributed by atoms with van der Waals surface area (Å²) < 4.78 is 7.53. The predicted molar refractivity (Wildman–Crippen MR) is 104 cm³/mol. The molecule has 0 amide bonds. The van der Waals surface area contributed by atoms with Crippen LogP contribution in [0.1, 0.15) is 63.0 Å². The van der Waals surface area contributed by atoms with Crippen LogP contribution in [0.2, 0.25) is 0 Å². The zero-order valence-electron chi connectivity index (χ0n) is 16.1. The molecule has 6 heteroatoms. The van der Waals surface area contributed by atoms with Gasteiger partial charge >= 0.3 is 0 Å². The molecule has 0 bridgehead atoms. The topological polar surface area (TPSA) is 60.0 Å². The molecule has 3 aromatic rings. The maximum atomic E-state index is 5.67. The van der Waals surface area contributed by atoms with E-state index in [1.54, 1.807) is 0 Å². The number of nitrogens with zero attached hydrogens (tertiary/aromatic N) is 5. The van der Waals surface area contributed by atoms with E-state index in [2.05, 4.69) is 42.1 Å². The Hall–Kier alpha value is -2.21. The van der Waals surface area contributed by atoms with E-state index in [0.717, 1.165) is 37.3 Å². The molecule has 2 aliphatic rings. The average molecular weight is 365 g/mol. The van der Waals surface area contributed by atoms with Gasteiger partial charge in [-0.05, 0) is 55.9 Å². The van der Waals surface area contributed by atoms with Crippen molar-refractivity contribution < 1.29 is 4.52 Å². The molecule has 0 radical (unpaired) electrons. The molecule has 0 spiro atoms. The second-order valence-corrected chi connectivity index (χ2v) is 8.49. The van der Waals surface area contributed by atoms with Crippen LogP contribution in [-0.4, -0.2) is 44.5 Å². The van der Waals surface area contributed by atoms with Gasteiger partial charge in [0.1, 0.15) is 0 Å². The summed E-state index contributed by atoms with van der Waals surface area (Å²) in [6.07, 6.45) is 4.63. The normalized spacial score (nSPS) is 19.4. The Kier molecular flexibility index (Phi) is 4.23. The predicted octanol–water partition coefficient (Wildman–Crippen LogP) is 4.12. The van der Waals surface area contributed by atoms with Crippen LogP contribution in [-0.2, 0) is 0 Å². The number of benzene rings is 1. The molecular formula is C21H27N5O. The van der Waals surface area contributed by atoms with Gasteiger partial charge in [0.2, 0.25) is 5.89 Å². The minimum atomic E-state index is 0.361. The minimum absolute atomic E-state index is 0.361. The van der Waals surface area contributed by atoms with Crippen molar-refractivity contribution in [3.8, 4) is 5.95 Å². The quantitative estimate of drug-likeness (QED) is 0.681. The third-order valence-corrected chi connectivity index (χ3v) is 5.76. The Bertz CT molecular complexity index is 931. The van der Waals surface area contributed by atoms with Gasteiger partial charge in [-0.2, -0.15) is 14.8 Å². The first kappa shape index (κ1) is 16.9. The Morgan fingerprint density at radius 1 is 1.07 bits per heavy atom. The number of fused-ring (bicyclic) bond motifs is 1. The highest BCUT2D eigenvalue weighted by Gasteiger charge is 2.30. The molecule has 1 aromatic carbocycles. The van der Waals surface area contributed by atoms with E-state index in [1.807, 2.05) is 10.7 Å². The summed E-state index contributed by atoms with van der Waals surface area (Å²) in [5, 5.41) is 10.3. The number of para-hydroxylation sites is 1. The highest BCUT2D eigenvalue weighted by molar-refractivity contribution is 5.83. The highest BCUT2D eigenvalue weighted by atomic mass is 16.5. The fourth-order valence-corrected chi connectivity index (χ4v) is 4.26. The Balaban J connectivity index is 1.38. The van der Waals surface area contributed by atoms with Gasteiger partial charge in [-0.15, -0.1) is 0 Å². The van der Waals surface area contributed by atoms with Gasteiger partial charge < -0.3 is 9.42 Å². The van der Waals surface area contributed by atoms with Crippen LogP contribution in [0.4, 0.5) is 0 Å². The van der Waals surface area contributed by atoms with Gasteiger partial charge in [0, 0.05) is 23.8 Å². The summed E-state index contributed by atoms with van der Waals surface area (Å²) in [4.78, 5) is 7.28.